The number of para-hydroxylation sites is 2. The molecule has 7 aromatic carbocycles. The van der Waals surface area contributed by atoms with Crippen LogP contribution >= 0.6 is 0 Å². The zero-order valence-electron chi connectivity index (χ0n) is 30.3. The summed E-state index contributed by atoms with van der Waals surface area (Å²) in [4.78, 5) is 46.8. The van der Waals surface area contributed by atoms with E-state index in [9.17, 15) is 14.4 Å². The monoisotopic (exact) mass is 703 g/mol. The maximum Gasteiger partial charge on any atom is 0.342 e. The van der Waals surface area contributed by atoms with Gasteiger partial charge in [-0.1, -0.05) is 114 Å². The number of urea groups is 1. The fraction of sp³-hybridized carbons (Fsp3) is 0.104. The first-order valence-electron chi connectivity index (χ1n) is 18.2. The molecule has 0 bridgehead atoms. The van der Waals surface area contributed by atoms with Crippen molar-refractivity contribution in [2.75, 3.05) is 14.7 Å². The molecule has 1 aliphatic heterocycles. The SMILES string of the molecule is Cc1ccc(N(c2ccc(C)cc2C)c2ccc3c4c(cccc24)-c2cc(CC4C(=O)N(c5ccccc5)C(=O)N(c5ccccc5)C4=O)ccc2-3)cc1. The number of anilines is 5. The van der Waals surface area contributed by atoms with Gasteiger partial charge in [0.1, 0.15) is 5.92 Å². The van der Waals surface area contributed by atoms with Crippen LogP contribution in [0.2, 0.25) is 0 Å². The van der Waals surface area contributed by atoms with E-state index in [1.54, 1.807) is 48.5 Å². The standard InChI is InChI=1S/C48H37N3O3/c1-30-17-21-36(22-18-30)49(43-25-19-31(2)27-32(43)3)44-26-24-39-37-23-20-33(28-41(37)38-15-10-16-40(44)45(38)39)29-42-46(52)50(34-11-6-4-7-12-34)48(54)51(47(42)53)35-13-8-5-9-14-35/h4-28,42H,29H2,1-3H3. The second-order valence-electron chi connectivity index (χ2n) is 14.3. The molecule has 2 aliphatic rings. The number of aryl methyl sites for hydroxylation is 3. The molecule has 54 heavy (non-hydrogen) atoms. The first-order chi connectivity index (χ1) is 26.3. The van der Waals surface area contributed by atoms with Crippen molar-refractivity contribution in [1.29, 1.82) is 0 Å². The van der Waals surface area contributed by atoms with Crippen LogP contribution < -0.4 is 14.7 Å². The fourth-order valence-corrected chi connectivity index (χ4v) is 8.11. The number of benzene rings is 7. The van der Waals surface area contributed by atoms with E-state index in [1.807, 2.05) is 18.2 Å². The minimum atomic E-state index is -1.09. The first-order valence-corrected chi connectivity index (χ1v) is 18.2. The zero-order valence-corrected chi connectivity index (χ0v) is 30.3. The van der Waals surface area contributed by atoms with Crippen molar-refractivity contribution in [3.05, 3.63) is 174 Å². The van der Waals surface area contributed by atoms with Crippen LogP contribution in [0.15, 0.2) is 152 Å². The minimum Gasteiger partial charge on any atom is -0.310 e. The molecule has 1 saturated heterocycles. The van der Waals surface area contributed by atoms with Crippen molar-refractivity contribution >= 4 is 57.1 Å². The van der Waals surface area contributed by atoms with Crippen molar-refractivity contribution in [3.63, 3.8) is 0 Å². The van der Waals surface area contributed by atoms with Crippen molar-refractivity contribution < 1.29 is 14.4 Å². The van der Waals surface area contributed by atoms with E-state index in [0.29, 0.717) is 11.4 Å². The third kappa shape index (κ3) is 5.38. The van der Waals surface area contributed by atoms with E-state index in [2.05, 4.69) is 111 Å². The lowest BCUT2D eigenvalue weighted by atomic mass is 9.91. The van der Waals surface area contributed by atoms with Crippen LogP contribution in [0.5, 0.6) is 0 Å². The van der Waals surface area contributed by atoms with Crippen LogP contribution in [0.1, 0.15) is 22.3 Å². The van der Waals surface area contributed by atoms with E-state index in [4.69, 9.17) is 0 Å². The van der Waals surface area contributed by atoms with E-state index < -0.39 is 23.8 Å². The summed E-state index contributed by atoms with van der Waals surface area (Å²) >= 11 is 0. The Hall–Kier alpha value is -6.79. The average molecular weight is 704 g/mol. The summed E-state index contributed by atoms with van der Waals surface area (Å²) in [7, 11) is 0. The zero-order chi connectivity index (χ0) is 37.1. The highest BCUT2D eigenvalue weighted by atomic mass is 16.2. The molecular weight excluding hydrogens is 667 g/mol. The lowest BCUT2D eigenvalue weighted by Gasteiger charge is -2.37. The number of carbonyl (C=O) groups is 3. The predicted octanol–water partition coefficient (Wildman–Crippen LogP) is 11.2. The lowest BCUT2D eigenvalue weighted by Crippen LogP contribution is -2.61. The van der Waals surface area contributed by atoms with Gasteiger partial charge in [-0.25, -0.2) is 14.6 Å². The minimum absolute atomic E-state index is 0.149. The highest BCUT2D eigenvalue weighted by molar-refractivity contribution is 6.36. The average Bonchev–Trinajstić information content (AvgIpc) is 3.50. The molecule has 9 rings (SSSR count). The number of amides is 4. The van der Waals surface area contributed by atoms with Gasteiger partial charge in [-0.3, -0.25) is 9.59 Å². The van der Waals surface area contributed by atoms with Gasteiger partial charge in [0.25, 0.3) is 0 Å². The molecule has 0 radical (unpaired) electrons. The maximum atomic E-state index is 14.1. The summed E-state index contributed by atoms with van der Waals surface area (Å²) in [5.41, 5.74) is 13.0. The Kier molecular flexibility index (Phi) is 7.97. The van der Waals surface area contributed by atoms with Crippen molar-refractivity contribution in [1.82, 2.24) is 0 Å². The molecular formula is C48H37N3O3. The van der Waals surface area contributed by atoms with Crippen molar-refractivity contribution in [3.8, 4) is 22.3 Å². The van der Waals surface area contributed by atoms with Crippen LogP contribution in [0, 0.1) is 26.7 Å². The molecule has 7 aromatic rings. The highest BCUT2D eigenvalue weighted by Gasteiger charge is 2.47. The Bertz CT molecular complexity index is 2570. The van der Waals surface area contributed by atoms with Crippen molar-refractivity contribution in [2.45, 2.75) is 27.2 Å². The van der Waals surface area contributed by atoms with Gasteiger partial charge < -0.3 is 4.90 Å². The molecule has 6 nitrogen and oxygen atoms in total. The fourth-order valence-electron chi connectivity index (χ4n) is 8.11. The van der Waals surface area contributed by atoms with Gasteiger partial charge in [-0.2, -0.15) is 0 Å². The van der Waals surface area contributed by atoms with Crippen LogP contribution in [-0.4, -0.2) is 17.8 Å². The highest BCUT2D eigenvalue weighted by Crippen LogP contribution is 2.51. The topological polar surface area (TPSA) is 60.9 Å². The van der Waals surface area contributed by atoms with Gasteiger partial charge in [-0.15, -0.1) is 0 Å². The number of hydrogen-bond acceptors (Lipinski definition) is 4. The Morgan fingerprint density at radius 1 is 0.519 bits per heavy atom. The molecule has 0 N–H and O–H groups in total. The number of rotatable bonds is 7. The Morgan fingerprint density at radius 3 is 1.76 bits per heavy atom. The maximum absolute atomic E-state index is 14.1. The molecule has 0 atom stereocenters. The molecule has 4 amide bonds. The van der Waals surface area contributed by atoms with Gasteiger partial charge in [0.2, 0.25) is 11.8 Å². The number of fused-ring (bicyclic) bond motifs is 3. The number of barbiturate groups is 1. The summed E-state index contributed by atoms with van der Waals surface area (Å²) < 4.78 is 0. The summed E-state index contributed by atoms with van der Waals surface area (Å²) in [6, 6.07) is 49.3. The summed E-state index contributed by atoms with van der Waals surface area (Å²) in [6.07, 6.45) is 0.149. The van der Waals surface area contributed by atoms with Gasteiger partial charge in [0.05, 0.1) is 17.1 Å². The van der Waals surface area contributed by atoms with Crippen molar-refractivity contribution in [2.24, 2.45) is 5.92 Å². The molecule has 1 heterocycles. The Labute approximate surface area is 314 Å². The largest absolute Gasteiger partial charge is 0.342 e. The molecule has 0 saturated carbocycles. The van der Waals surface area contributed by atoms with Gasteiger partial charge in [-0.05, 0) is 114 Å². The van der Waals surface area contributed by atoms with Crippen LogP contribution in [-0.2, 0) is 16.0 Å². The number of imide groups is 2. The van der Waals surface area contributed by atoms with Crippen LogP contribution in [0.4, 0.5) is 33.2 Å². The van der Waals surface area contributed by atoms with Gasteiger partial charge >= 0.3 is 6.03 Å². The second-order valence-corrected chi connectivity index (χ2v) is 14.3. The number of hydrogen-bond donors (Lipinski definition) is 0. The molecule has 0 unspecified atom stereocenters. The predicted molar refractivity (Wildman–Crippen MR) is 218 cm³/mol. The van der Waals surface area contributed by atoms with E-state index >= 15 is 0 Å². The second kappa shape index (κ2) is 13.0. The Balaban J connectivity index is 1.13. The Morgan fingerprint density at radius 2 is 1.11 bits per heavy atom. The smallest absolute Gasteiger partial charge is 0.310 e. The quantitative estimate of drug-likeness (QED) is 0.155. The number of carbonyl (C=O) groups excluding carboxylic acids is 3. The van der Waals surface area contributed by atoms with E-state index in [-0.39, 0.29) is 6.42 Å². The number of nitrogens with zero attached hydrogens (tertiary/aromatic N) is 3. The molecule has 6 heteroatoms. The molecule has 262 valence electrons. The van der Waals surface area contributed by atoms with Crippen LogP contribution in [0.3, 0.4) is 0 Å². The van der Waals surface area contributed by atoms with Crippen LogP contribution in [0.25, 0.3) is 33.0 Å². The first kappa shape index (κ1) is 33.1. The van der Waals surface area contributed by atoms with Gasteiger partial charge in [0, 0.05) is 16.8 Å². The summed E-state index contributed by atoms with van der Waals surface area (Å²) in [5.74, 6) is -2.14. The summed E-state index contributed by atoms with van der Waals surface area (Å²) in [6.45, 7) is 6.39. The van der Waals surface area contributed by atoms with E-state index in [0.717, 1.165) is 60.1 Å². The molecule has 1 fully saturated rings. The third-order valence-electron chi connectivity index (χ3n) is 10.7. The molecule has 0 spiro atoms. The van der Waals surface area contributed by atoms with Gasteiger partial charge in [0.15, 0.2) is 0 Å². The normalized spacial score (nSPS) is 13.9. The summed E-state index contributed by atoms with van der Waals surface area (Å²) in [5, 5.41) is 2.31. The third-order valence-corrected chi connectivity index (χ3v) is 10.7. The molecule has 1 aliphatic carbocycles. The lowest BCUT2D eigenvalue weighted by molar-refractivity contribution is -0.132. The molecule has 0 aromatic heterocycles. The van der Waals surface area contributed by atoms with E-state index in [1.165, 1.54) is 22.1 Å².